The van der Waals surface area contributed by atoms with Gasteiger partial charge < -0.3 is 5.73 Å². The van der Waals surface area contributed by atoms with Crippen LogP contribution in [0.15, 0.2) is 0 Å². The predicted octanol–water partition coefficient (Wildman–Crippen LogP) is 1.93. The van der Waals surface area contributed by atoms with Crippen LogP contribution in [0.3, 0.4) is 0 Å². The zero-order valence-corrected chi connectivity index (χ0v) is 7.98. The molecule has 11 heavy (non-hydrogen) atoms. The van der Waals surface area contributed by atoms with Crippen LogP contribution in [0.5, 0.6) is 0 Å². The zero-order valence-electron chi connectivity index (χ0n) is 7.98. The summed E-state index contributed by atoms with van der Waals surface area (Å²) in [6.07, 6.45) is 1.56. The normalized spacial score (nSPS) is 14.5. The van der Waals surface area contributed by atoms with Gasteiger partial charge >= 0.3 is 0 Å². The molecule has 0 radical (unpaired) electrons. The second-order valence-electron chi connectivity index (χ2n) is 4.54. The van der Waals surface area contributed by atoms with Crippen LogP contribution in [0, 0.1) is 11.3 Å². The molecule has 1 atom stereocenters. The first kappa shape index (κ1) is 10.5. The number of hydrogen-bond donors (Lipinski definition) is 1. The van der Waals surface area contributed by atoms with Gasteiger partial charge in [0.1, 0.15) is 0 Å². The van der Waals surface area contributed by atoms with Crippen molar-refractivity contribution >= 4 is 5.91 Å². The van der Waals surface area contributed by atoms with Gasteiger partial charge in [0.25, 0.3) is 0 Å². The van der Waals surface area contributed by atoms with Gasteiger partial charge in [-0.3, -0.25) is 4.79 Å². The summed E-state index contributed by atoms with van der Waals surface area (Å²) in [7, 11) is 0. The average molecular weight is 157 g/mol. The third-order valence-electron chi connectivity index (χ3n) is 1.51. The average Bonchev–Trinajstić information content (AvgIpc) is 1.53. The van der Waals surface area contributed by atoms with Crippen LogP contribution in [-0.4, -0.2) is 5.91 Å². The topological polar surface area (TPSA) is 43.1 Å². The highest BCUT2D eigenvalue weighted by Crippen LogP contribution is 2.25. The van der Waals surface area contributed by atoms with Crippen molar-refractivity contribution in [3.05, 3.63) is 0 Å². The molecule has 0 aromatic carbocycles. The maximum Gasteiger partial charge on any atom is 0.217 e. The van der Waals surface area contributed by atoms with E-state index in [0.29, 0.717) is 17.8 Å². The van der Waals surface area contributed by atoms with E-state index >= 15 is 0 Å². The van der Waals surface area contributed by atoms with Gasteiger partial charge in [0.05, 0.1) is 0 Å². The van der Waals surface area contributed by atoms with E-state index in [1.165, 1.54) is 0 Å². The molecule has 0 aromatic heterocycles. The lowest BCUT2D eigenvalue weighted by Gasteiger charge is -2.22. The largest absolute Gasteiger partial charge is 0.370 e. The molecular weight excluding hydrogens is 138 g/mol. The lowest BCUT2D eigenvalue weighted by molar-refractivity contribution is -0.118. The summed E-state index contributed by atoms with van der Waals surface area (Å²) >= 11 is 0. The van der Waals surface area contributed by atoms with Crippen molar-refractivity contribution in [2.75, 3.05) is 0 Å². The summed E-state index contributed by atoms with van der Waals surface area (Å²) in [6, 6.07) is 0. The molecule has 0 spiro atoms. The minimum absolute atomic E-state index is 0.193. The molecule has 0 aliphatic heterocycles. The number of amides is 1. The monoisotopic (exact) mass is 157 g/mol. The van der Waals surface area contributed by atoms with Crippen LogP contribution in [0.2, 0.25) is 0 Å². The molecule has 0 saturated carbocycles. The van der Waals surface area contributed by atoms with Crippen LogP contribution < -0.4 is 5.73 Å². The first-order valence-corrected chi connectivity index (χ1v) is 4.09. The summed E-state index contributed by atoms with van der Waals surface area (Å²) in [5.74, 6) is 0.217. The Morgan fingerprint density at radius 2 is 1.91 bits per heavy atom. The molecule has 2 heteroatoms. The van der Waals surface area contributed by atoms with Gasteiger partial charge in [-0.15, -0.1) is 0 Å². The van der Waals surface area contributed by atoms with Crippen LogP contribution in [0.4, 0.5) is 0 Å². The van der Waals surface area contributed by atoms with Crippen molar-refractivity contribution in [2.45, 2.75) is 40.5 Å². The van der Waals surface area contributed by atoms with Crippen molar-refractivity contribution in [3.63, 3.8) is 0 Å². The van der Waals surface area contributed by atoms with E-state index in [-0.39, 0.29) is 5.91 Å². The van der Waals surface area contributed by atoms with Crippen molar-refractivity contribution < 1.29 is 4.79 Å². The third-order valence-corrected chi connectivity index (χ3v) is 1.51. The van der Waals surface area contributed by atoms with Crippen LogP contribution in [0.1, 0.15) is 40.5 Å². The molecule has 0 aliphatic carbocycles. The number of nitrogens with two attached hydrogens (primary N) is 1. The van der Waals surface area contributed by atoms with Crippen molar-refractivity contribution in [2.24, 2.45) is 17.1 Å². The Labute approximate surface area is 69.2 Å². The van der Waals surface area contributed by atoms with Gasteiger partial charge in [0.15, 0.2) is 0 Å². The van der Waals surface area contributed by atoms with Gasteiger partial charge in [-0.05, 0) is 17.8 Å². The minimum atomic E-state index is -0.193. The Hall–Kier alpha value is -0.530. The standard InChI is InChI=1S/C9H19NO/c1-7(5-8(10)11)6-9(2,3)4/h7H,5-6H2,1-4H3,(H2,10,11)/t7-/m0/s1. The van der Waals surface area contributed by atoms with E-state index in [1.807, 2.05) is 0 Å². The number of primary amides is 1. The highest BCUT2D eigenvalue weighted by atomic mass is 16.1. The van der Waals surface area contributed by atoms with E-state index in [4.69, 9.17) is 5.73 Å². The van der Waals surface area contributed by atoms with Crippen molar-refractivity contribution in [3.8, 4) is 0 Å². The summed E-state index contributed by atoms with van der Waals surface area (Å²) in [4.78, 5) is 10.5. The smallest absolute Gasteiger partial charge is 0.217 e. The molecule has 66 valence electrons. The molecule has 0 fully saturated rings. The molecule has 0 rings (SSSR count). The van der Waals surface area contributed by atoms with Crippen LogP contribution in [0.25, 0.3) is 0 Å². The molecular formula is C9H19NO. The van der Waals surface area contributed by atoms with Gasteiger partial charge in [-0.2, -0.15) is 0 Å². The molecule has 0 saturated heterocycles. The van der Waals surface area contributed by atoms with E-state index in [0.717, 1.165) is 6.42 Å². The molecule has 0 heterocycles. The fourth-order valence-electron chi connectivity index (χ4n) is 1.46. The van der Waals surface area contributed by atoms with Crippen molar-refractivity contribution in [1.29, 1.82) is 0 Å². The van der Waals surface area contributed by atoms with E-state index < -0.39 is 0 Å². The molecule has 2 N–H and O–H groups in total. The SMILES string of the molecule is C[C@@H](CC(N)=O)CC(C)(C)C. The quantitative estimate of drug-likeness (QED) is 0.668. The fourth-order valence-corrected chi connectivity index (χ4v) is 1.46. The summed E-state index contributed by atoms with van der Waals surface area (Å²) in [5.41, 5.74) is 5.37. The maximum atomic E-state index is 10.5. The lowest BCUT2D eigenvalue weighted by Crippen LogP contribution is -2.18. The fraction of sp³-hybridized carbons (Fsp3) is 0.889. The Balaban J connectivity index is 3.69. The summed E-state index contributed by atoms with van der Waals surface area (Å²) in [5, 5.41) is 0. The molecule has 0 aliphatic rings. The van der Waals surface area contributed by atoms with Gasteiger partial charge in [-0.1, -0.05) is 27.7 Å². The second-order valence-corrected chi connectivity index (χ2v) is 4.54. The highest BCUT2D eigenvalue weighted by Gasteiger charge is 2.16. The Bertz CT molecular complexity index is 135. The van der Waals surface area contributed by atoms with E-state index in [1.54, 1.807) is 0 Å². The summed E-state index contributed by atoms with van der Waals surface area (Å²) < 4.78 is 0. The van der Waals surface area contributed by atoms with Gasteiger partial charge in [0.2, 0.25) is 5.91 Å². The Kier molecular flexibility index (Phi) is 3.56. The lowest BCUT2D eigenvalue weighted by atomic mass is 9.84. The molecule has 0 unspecified atom stereocenters. The second kappa shape index (κ2) is 3.74. The van der Waals surface area contributed by atoms with E-state index in [2.05, 4.69) is 27.7 Å². The molecule has 0 aromatic rings. The molecule has 0 bridgehead atoms. The van der Waals surface area contributed by atoms with Gasteiger partial charge in [-0.25, -0.2) is 0 Å². The third kappa shape index (κ3) is 7.37. The van der Waals surface area contributed by atoms with Crippen LogP contribution >= 0.6 is 0 Å². The number of carbonyl (C=O) groups excluding carboxylic acids is 1. The molecule has 2 nitrogen and oxygen atoms in total. The predicted molar refractivity (Wildman–Crippen MR) is 47.0 cm³/mol. The van der Waals surface area contributed by atoms with Crippen molar-refractivity contribution in [1.82, 2.24) is 0 Å². The zero-order chi connectivity index (χ0) is 9.07. The number of hydrogen-bond acceptors (Lipinski definition) is 1. The first-order valence-electron chi connectivity index (χ1n) is 4.09. The Morgan fingerprint density at radius 3 is 2.18 bits per heavy atom. The van der Waals surface area contributed by atoms with E-state index in [9.17, 15) is 4.79 Å². The first-order chi connectivity index (χ1) is 4.81. The Morgan fingerprint density at radius 1 is 1.45 bits per heavy atom. The number of rotatable bonds is 3. The number of carbonyl (C=O) groups is 1. The molecule has 1 amide bonds. The maximum absolute atomic E-state index is 10.5. The minimum Gasteiger partial charge on any atom is -0.370 e. The highest BCUT2D eigenvalue weighted by molar-refractivity contribution is 5.73. The summed E-state index contributed by atoms with van der Waals surface area (Å²) in [6.45, 7) is 8.58. The van der Waals surface area contributed by atoms with Gasteiger partial charge in [0, 0.05) is 6.42 Å². The van der Waals surface area contributed by atoms with Crippen LogP contribution in [-0.2, 0) is 4.79 Å².